The molecule has 0 spiro atoms. The number of phenols is 4. The molecule has 23 heavy (non-hydrogen) atoms. The molecule has 6 nitrogen and oxygen atoms in total. The number of aromatic hydroxyl groups is 4. The standard InChI is InChI=1S/C16H14O6.Bi/c17-10-2-1-8-13-9-4-12(19)11(18)3-7(9)5-16(13,21)6-22-15(8)14(10)20;/h1-4,13,17-21H,5-6H2;/t13-,16+;/m1./s1. The van der Waals surface area contributed by atoms with Gasteiger partial charge >= 0.3 is 0 Å². The van der Waals surface area contributed by atoms with Crippen LogP contribution in [0.1, 0.15) is 22.6 Å². The largest absolute Gasteiger partial charge is 0.504 e. The summed E-state index contributed by atoms with van der Waals surface area (Å²) in [4.78, 5) is 0. The summed E-state index contributed by atoms with van der Waals surface area (Å²) in [5, 5.41) is 49.8. The zero-order chi connectivity index (χ0) is 15.6. The van der Waals surface area contributed by atoms with E-state index in [0.29, 0.717) is 16.7 Å². The molecule has 1 aliphatic carbocycles. The van der Waals surface area contributed by atoms with E-state index in [4.69, 9.17) is 4.74 Å². The third-order valence-corrected chi connectivity index (χ3v) is 4.50. The summed E-state index contributed by atoms with van der Waals surface area (Å²) in [6.07, 6.45) is 0.266. The fourth-order valence-corrected chi connectivity index (χ4v) is 3.52. The molecule has 1 heterocycles. The maximum atomic E-state index is 10.9. The number of benzene rings is 2. The Hall–Kier alpha value is -1.72. The van der Waals surface area contributed by atoms with E-state index in [1.165, 1.54) is 18.2 Å². The predicted octanol–water partition coefficient (Wildman–Crippen LogP) is 0.940. The molecule has 2 aliphatic rings. The van der Waals surface area contributed by atoms with Crippen molar-refractivity contribution in [3.8, 4) is 28.7 Å². The van der Waals surface area contributed by atoms with Crippen molar-refractivity contribution in [3.05, 3.63) is 41.0 Å². The number of ether oxygens (including phenoxy) is 1. The van der Waals surface area contributed by atoms with E-state index in [2.05, 4.69) is 0 Å². The van der Waals surface area contributed by atoms with Gasteiger partial charge in [0.15, 0.2) is 23.0 Å². The SMILES string of the molecule is Oc1cc2c(cc1O)[C@H]1c3ccc(O)c(O)c3OC[C@@]1(O)C2.[Bi]. The molecule has 0 saturated carbocycles. The van der Waals surface area contributed by atoms with Gasteiger partial charge in [-0.15, -0.1) is 0 Å². The van der Waals surface area contributed by atoms with Gasteiger partial charge in [0.25, 0.3) is 0 Å². The van der Waals surface area contributed by atoms with Crippen molar-refractivity contribution in [2.75, 3.05) is 6.61 Å². The van der Waals surface area contributed by atoms with Crippen LogP contribution in [0.15, 0.2) is 24.3 Å². The van der Waals surface area contributed by atoms with Crippen molar-refractivity contribution in [3.63, 3.8) is 0 Å². The Morgan fingerprint density at radius 1 is 0.957 bits per heavy atom. The van der Waals surface area contributed by atoms with Crippen LogP contribution in [0, 0.1) is 0 Å². The Labute approximate surface area is 150 Å². The van der Waals surface area contributed by atoms with Gasteiger partial charge in [0.2, 0.25) is 5.75 Å². The van der Waals surface area contributed by atoms with Crippen molar-refractivity contribution in [1.82, 2.24) is 0 Å². The average Bonchev–Trinajstić information content (AvgIpc) is 2.75. The Kier molecular flexibility index (Phi) is 3.61. The first kappa shape index (κ1) is 16.2. The smallest absolute Gasteiger partial charge is 0.200 e. The first-order chi connectivity index (χ1) is 10.4. The zero-order valence-electron chi connectivity index (χ0n) is 11.9. The fourth-order valence-electron chi connectivity index (χ4n) is 3.52. The molecule has 0 fully saturated rings. The summed E-state index contributed by atoms with van der Waals surface area (Å²) in [6, 6.07) is 5.77. The van der Waals surface area contributed by atoms with Crippen LogP contribution in [0.2, 0.25) is 0 Å². The molecule has 1 aliphatic heterocycles. The Balaban J connectivity index is 0.00000156. The van der Waals surface area contributed by atoms with E-state index in [-0.39, 0.29) is 68.0 Å². The molecule has 0 amide bonds. The minimum Gasteiger partial charge on any atom is -0.504 e. The summed E-state index contributed by atoms with van der Waals surface area (Å²) >= 11 is 0. The Bertz CT molecular complexity index is 806. The first-order valence-electron chi connectivity index (χ1n) is 6.85. The van der Waals surface area contributed by atoms with Crippen molar-refractivity contribution < 1.29 is 30.3 Å². The van der Waals surface area contributed by atoms with E-state index in [9.17, 15) is 25.5 Å². The van der Waals surface area contributed by atoms with Gasteiger partial charge in [-0.05, 0) is 29.3 Å². The molecule has 4 rings (SSSR count). The topological polar surface area (TPSA) is 110 Å². The summed E-state index contributed by atoms with van der Waals surface area (Å²) in [7, 11) is 0. The molecule has 119 valence electrons. The monoisotopic (exact) mass is 511 g/mol. The average molecular weight is 511 g/mol. The summed E-state index contributed by atoms with van der Waals surface area (Å²) < 4.78 is 5.46. The third kappa shape index (κ3) is 2.14. The van der Waals surface area contributed by atoms with Crippen LogP contribution in [-0.4, -0.2) is 63.9 Å². The number of aliphatic hydroxyl groups is 1. The van der Waals surface area contributed by atoms with Gasteiger partial charge in [-0.25, -0.2) is 0 Å². The molecule has 0 bridgehead atoms. The number of fused-ring (bicyclic) bond motifs is 5. The van der Waals surface area contributed by atoms with E-state index in [1.54, 1.807) is 6.07 Å². The van der Waals surface area contributed by atoms with Crippen LogP contribution in [0.5, 0.6) is 28.7 Å². The normalized spacial score (nSPS) is 24.0. The summed E-state index contributed by atoms with van der Waals surface area (Å²) in [5.74, 6) is -1.54. The molecule has 0 unspecified atom stereocenters. The zero-order valence-corrected chi connectivity index (χ0v) is 15.4. The quantitative estimate of drug-likeness (QED) is 0.266. The van der Waals surface area contributed by atoms with Crippen LogP contribution < -0.4 is 4.74 Å². The van der Waals surface area contributed by atoms with Gasteiger partial charge in [-0.3, -0.25) is 0 Å². The third-order valence-electron chi connectivity index (χ3n) is 4.50. The molecule has 2 aromatic carbocycles. The van der Waals surface area contributed by atoms with Crippen LogP contribution in [-0.2, 0) is 6.42 Å². The molecule has 0 aromatic heterocycles. The molecular formula is C16H14BiO6. The molecule has 7 heteroatoms. The number of rotatable bonds is 0. The maximum absolute atomic E-state index is 10.9. The minimum absolute atomic E-state index is 0. The van der Waals surface area contributed by atoms with Crippen molar-refractivity contribution >= 4 is 26.2 Å². The van der Waals surface area contributed by atoms with Crippen molar-refractivity contribution in [1.29, 1.82) is 0 Å². The van der Waals surface area contributed by atoms with Crippen molar-refractivity contribution in [2.24, 2.45) is 0 Å². The Morgan fingerprint density at radius 2 is 1.65 bits per heavy atom. The molecular weight excluding hydrogens is 497 g/mol. The second-order valence-electron chi connectivity index (χ2n) is 5.89. The van der Waals surface area contributed by atoms with Gasteiger partial charge in [-0.2, -0.15) is 0 Å². The van der Waals surface area contributed by atoms with E-state index in [0.717, 1.165) is 0 Å². The van der Waals surface area contributed by atoms with Crippen LogP contribution in [0.25, 0.3) is 0 Å². The molecule has 5 N–H and O–H groups in total. The second kappa shape index (κ2) is 5.15. The van der Waals surface area contributed by atoms with Gasteiger partial charge in [-0.1, -0.05) is 6.07 Å². The number of hydrogen-bond donors (Lipinski definition) is 5. The van der Waals surface area contributed by atoms with Gasteiger partial charge < -0.3 is 30.3 Å². The van der Waals surface area contributed by atoms with E-state index in [1.807, 2.05) is 0 Å². The molecule has 3 radical (unpaired) electrons. The van der Waals surface area contributed by atoms with Gasteiger partial charge in [0.1, 0.15) is 12.2 Å². The van der Waals surface area contributed by atoms with Gasteiger partial charge in [0.05, 0.1) is 0 Å². The number of phenolic OH excluding ortho intramolecular Hbond substituents is 4. The number of hydrogen-bond acceptors (Lipinski definition) is 6. The second-order valence-corrected chi connectivity index (χ2v) is 5.89. The summed E-state index contributed by atoms with van der Waals surface area (Å²) in [5.41, 5.74) is 0.700. The maximum Gasteiger partial charge on any atom is 0.200 e. The molecule has 2 atom stereocenters. The predicted molar refractivity (Wildman–Crippen MR) is 81.3 cm³/mol. The van der Waals surface area contributed by atoms with E-state index < -0.39 is 11.5 Å². The first-order valence-corrected chi connectivity index (χ1v) is 6.85. The molecule has 2 aromatic rings. The Morgan fingerprint density at radius 3 is 2.39 bits per heavy atom. The molecule has 0 saturated heterocycles. The van der Waals surface area contributed by atoms with E-state index >= 15 is 0 Å². The summed E-state index contributed by atoms with van der Waals surface area (Å²) in [6.45, 7) is -0.0577. The minimum atomic E-state index is -1.22. The van der Waals surface area contributed by atoms with Crippen LogP contribution in [0.4, 0.5) is 0 Å². The van der Waals surface area contributed by atoms with Gasteiger partial charge in [0, 0.05) is 44.1 Å². The fraction of sp³-hybridized carbons (Fsp3) is 0.250. The van der Waals surface area contributed by atoms with Crippen LogP contribution in [0.3, 0.4) is 0 Å². The van der Waals surface area contributed by atoms with Crippen molar-refractivity contribution in [2.45, 2.75) is 17.9 Å². The van der Waals surface area contributed by atoms with Crippen LogP contribution >= 0.6 is 0 Å².